The Labute approximate surface area is 117 Å². The van der Waals surface area contributed by atoms with Crippen molar-refractivity contribution in [2.45, 2.75) is 24.0 Å². The lowest BCUT2D eigenvalue weighted by Crippen LogP contribution is -2.35. The molecule has 108 valence electrons. The summed E-state index contributed by atoms with van der Waals surface area (Å²) in [4.78, 5) is 3.97. The van der Waals surface area contributed by atoms with Gasteiger partial charge in [0.1, 0.15) is 0 Å². The minimum Gasteiger partial charge on any atom is -0.381 e. The number of nitrogens with zero attached hydrogens (tertiary/aromatic N) is 2. The zero-order valence-electron chi connectivity index (χ0n) is 11.1. The number of hydrogen-bond acceptors (Lipinski definition) is 6. The van der Waals surface area contributed by atoms with Gasteiger partial charge in [-0.25, -0.2) is 13.4 Å². The predicted octanol–water partition coefficient (Wildman–Crippen LogP) is 1.08. The zero-order valence-corrected chi connectivity index (χ0v) is 12.8. The van der Waals surface area contributed by atoms with Crippen molar-refractivity contribution < 1.29 is 13.2 Å². The molecule has 0 amide bonds. The quantitative estimate of drug-likeness (QED) is 0.899. The molecule has 0 bridgehead atoms. The van der Waals surface area contributed by atoms with Crippen LogP contribution in [0.5, 0.6) is 0 Å². The van der Waals surface area contributed by atoms with Crippen LogP contribution in [0, 0.1) is 12.8 Å². The lowest BCUT2D eigenvalue weighted by molar-refractivity contribution is 0.0495. The molecule has 1 saturated heterocycles. The average Bonchev–Trinajstić information content (AvgIpc) is 2.70. The van der Waals surface area contributed by atoms with Crippen molar-refractivity contribution in [2.75, 3.05) is 32.5 Å². The van der Waals surface area contributed by atoms with Gasteiger partial charge in [-0.3, -0.25) is 0 Å². The van der Waals surface area contributed by atoms with E-state index < -0.39 is 10.0 Å². The van der Waals surface area contributed by atoms with Gasteiger partial charge in [-0.15, -0.1) is 0 Å². The van der Waals surface area contributed by atoms with Crippen molar-refractivity contribution in [1.29, 1.82) is 0 Å². The maximum Gasteiger partial charge on any atom is 0.254 e. The molecule has 0 spiro atoms. The van der Waals surface area contributed by atoms with Crippen molar-refractivity contribution in [3.8, 4) is 0 Å². The number of rotatable bonds is 4. The number of ether oxygens (including phenoxy) is 1. The number of nitrogens with two attached hydrogens (primary N) is 1. The van der Waals surface area contributed by atoms with Crippen LogP contribution in [0.1, 0.15) is 18.5 Å². The lowest BCUT2D eigenvalue weighted by Gasteiger charge is -2.26. The van der Waals surface area contributed by atoms with Gasteiger partial charge in [-0.05, 0) is 25.7 Å². The fraction of sp³-hybridized carbons (Fsp3) is 0.727. The van der Waals surface area contributed by atoms with E-state index in [4.69, 9.17) is 10.5 Å². The number of thiazole rings is 1. The van der Waals surface area contributed by atoms with E-state index in [2.05, 4.69) is 4.98 Å². The van der Waals surface area contributed by atoms with Crippen molar-refractivity contribution in [1.82, 2.24) is 9.29 Å². The molecule has 8 heteroatoms. The van der Waals surface area contributed by atoms with Gasteiger partial charge in [-0.2, -0.15) is 4.31 Å². The Morgan fingerprint density at radius 3 is 2.84 bits per heavy atom. The van der Waals surface area contributed by atoms with Crippen LogP contribution in [0.2, 0.25) is 0 Å². The highest BCUT2D eigenvalue weighted by Gasteiger charge is 2.28. The smallest absolute Gasteiger partial charge is 0.254 e. The molecule has 0 saturated carbocycles. The SMILES string of the molecule is Cc1nc(N)sc1S(=O)(=O)N(C)CC1CCCOC1. The number of aromatic nitrogens is 1. The normalized spacial score (nSPS) is 20.9. The molecule has 0 radical (unpaired) electrons. The highest BCUT2D eigenvalue weighted by atomic mass is 32.2. The Morgan fingerprint density at radius 2 is 2.32 bits per heavy atom. The number of aryl methyl sites for hydroxylation is 1. The average molecular weight is 305 g/mol. The lowest BCUT2D eigenvalue weighted by atomic mass is 10.0. The van der Waals surface area contributed by atoms with E-state index in [-0.39, 0.29) is 15.3 Å². The third-order valence-corrected chi connectivity index (χ3v) is 6.58. The summed E-state index contributed by atoms with van der Waals surface area (Å²) in [5, 5.41) is 0.283. The maximum absolute atomic E-state index is 12.4. The minimum atomic E-state index is -3.49. The Balaban J connectivity index is 2.12. The molecule has 1 aliphatic heterocycles. The summed E-state index contributed by atoms with van der Waals surface area (Å²) >= 11 is 1.02. The summed E-state index contributed by atoms with van der Waals surface area (Å²) in [5.41, 5.74) is 6.03. The molecule has 2 heterocycles. The summed E-state index contributed by atoms with van der Waals surface area (Å²) in [6.45, 7) is 3.54. The first-order valence-electron chi connectivity index (χ1n) is 6.18. The Morgan fingerprint density at radius 1 is 1.58 bits per heavy atom. The van der Waals surface area contributed by atoms with Crippen LogP contribution in [0.15, 0.2) is 4.21 Å². The van der Waals surface area contributed by atoms with Gasteiger partial charge >= 0.3 is 0 Å². The van der Waals surface area contributed by atoms with E-state index in [0.717, 1.165) is 30.8 Å². The molecule has 1 aromatic rings. The molecule has 1 aromatic heterocycles. The Hall–Kier alpha value is -0.700. The van der Waals surface area contributed by atoms with Crippen molar-refractivity contribution in [3.63, 3.8) is 0 Å². The second-order valence-electron chi connectivity index (χ2n) is 4.79. The second kappa shape index (κ2) is 5.74. The molecule has 2 rings (SSSR count). The number of nitrogen functional groups attached to an aromatic ring is 1. The monoisotopic (exact) mass is 305 g/mol. The molecular formula is C11H19N3O3S2. The van der Waals surface area contributed by atoms with E-state index in [1.54, 1.807) is 14.0 Å². The fourth-order valence-electron chi connectivity index (χ4n) is 2.20. The standard InChI is InChI=1S/C11H19N3O3S2/c1-8-10(18-11(12)13-8)19(15,16)14(2)6-9-4-3-5-17-7-9/h9H,3-7H2,1-2H3,(H2,12,13). The van der Waals surface area contributed by atoms with Crippen LogP contribution < -0.4 is 5.73 Å². The van der Waals surface area contributed by atoms with Gasteiger partial charge in [0, 0.05) is 20.2 Å². The Kier molecular flexibility index (Phi) is 4.44. The molecule has 19 heavy (non-hydrogen) atoms. The first-order valence-corrected chi connectivity index (χ1v) is 8.44. The summed E-state index contributed by atoms with van der Waals surface area (Å²) in [7, 11) is -1.90. The van der Waals surface area contributed by atoms with Crippen LogP contribution in [-0.4, -0.2) is 44.5 Å². The number of anilines is 1. The van der Waals surface area contributed by atoms with Crippen LogP contribution in [-0.2, 0) is 14.8 Å². The fourth-order valence-corrected chi connectivity index (χ4v) is 4.93. The van der Waals surface area contributed by atoms with Gasteiger partial charge in [-0.1, -0.05) is 11.3 Å². The van der Waals surface area contributed by atoms with Gasteiger partial charge in [0.25, 0.3) is 10.0 Å². The first kappa shape index (κ1) is 14.7. The minimum absolute atomic E-state index is 0.240. The van der Waals surface area contributed by atoms with E-state index in [1.807, 2.05) is 0 Å². The van der Waals surface area contributed by atoms with E-state index >= 15 is 0 Å². The molecule has 1 atom stereocenters. The highest BCUT2D eigenvalue weighted by Crippen LogP contribution is 2.28. The molecule has 6 nitrogen and oxygen atoms in total. The molecular weight excluding hydrogens is 286 g/mol. The molecule has 1 unspecified atom stereocenters. The molecule has 0 aliphatic carbocycles. The second-order valence-corrected chi connectivity index (χ2v) is 8.06. The van der Waals surface area contributed by atoms with Crippen molar-refractivity contribution in [3.05, 3.63) is 5.69 Å². The summed E-state index contributed by atoms with van der Waals surface area (Å²) < 4.78 is 31.9. The predicted molar refractivity (Wildman–Crippen MR) is 74.6 cm³/mol. The van der Waals surface area contributed by atoms with Crippen LogP contribution in [0.3, 0.4) is 0 Å². The zero-order chi connectivity index (χ0) is 14.0. The van der Waals surface area contributed by atoms with Gasteiger partial charge in [0.2, 0.25) is 0 Å². The summed E-state index contributed by atoms with van der Waals surface area (Å²) in [6.07, 6.45) is 1.99. The largest absolute Gasteiger partial charge is 0.381 e. The third-order valence-electron chi connectivity index (χ3n) is 3.19. The van der Waals surface area contributed by atoms with Crippen LogP contribution in [0.25, 0.3) is 0 Å². The molecule has 1 aliphatic rings. The van der Waals surface area contributed by atoms with Crippen molar-refractivity contribution in [2.24, 2.45) is 5.92 Å². The van der Waals surface area contributed by atoms with E-state index in [1.165, 1.54) is 4.31 Å². The third kappa shape index (κ3) is 3.25. The van der Waals surface area contributed by atoms with E-state index in [0.29, 0.717) is 18.8 Å². The number of sulfonamides is 1. The van der Waals surface area contributed by atoms with Crippen molar-refractivity contribution >= 4 is 26.5 Å². The summed E-state index contributed by atoms with van der Waals surface area (Å²) in [5.74, 6) is 0.263. The van der Waals surface area contributed by atoms with E-state index in [9.17, 15) is 8.42 Å². The maximum atomic E-state index is 12.4. The van der Waals surface area contributed by atoms with Gasteiger partial charge < -0.3 is 10.5 Å². The van der Waals surface area contributed by atoms with Crippen LogP contribution >= 0.6 is 11.3 Å². The molecule has 1 fully saturated rings. The highest BCUT2D eigenvalue weighted by molar-refractivity contribution is 7.91. The topological polar surface area (TPSA) is 85.5 Å². The number of hydrogen-bond donors (Lipinski definition) is 1. The summed E-state index contributed by atoms with van der Waals surface area (Å²) in [6, 6.07) is 0. The first-order chi connectivity index (χ1) is 8.91. The van der Waals surface area contributed by atoms with Gasteiger partial charge in [0.05, 0.1) is 12.3 Å². The van der Waals surface area contributed by atoms with Gasteiger partial charge in [0.15, 0.2) is 9.34 Å². The van der Waals surface area contributed by atoms with Crippen LogP contribution in [0.4, 0.5) is 5.13 Å². The molecule has 0 aromatic carbocycles. The molecule has 2 N–H and O–H groups in total. The Bertz CT molecular complexity index is 535.